The molecule has 1 heterocycles. The van der Waals surface area contributed by atoms with E-state index in [9.17, 15) is 5.11 Å². The number of rotatable bonds is 3. The smallest absolute Gasteiger partial charge is 0.160 e. The summed E-state index contributed by atoms with van der Waals surface area (Å²) in [6, 6.07) is 6.98. The Labute approximate surface area is 110 Å². The first-order valence-corrected chi connectivity index (χ1v) is 5.81. The Bertz CT molecular complexity index is 473. The first-order valence-electron chi connectivity index (χ1n) is 4.87. The van der Waals surface area contributed by atoms with E-state index < -0.39 is 0 Å². The summed E-state index contributed by atoms with van der Waals surface area (Å²) in [5, 5.41) is 13.5. The lowest BCUT2D eigenvalue weighted by molar-refractivity contribution is 0.373. The highest BCUT2D eigenvalue weighted by Crippen LogP contribution is 2.30. The largest absolute Gasteiger partial charge is 0.504 e. The highest BCUT2D eigenvalue weighted by molar-refractivity contribution is 7.08. The van der Waals surface area contributed by atoms with Gasteiger partial charge in [0.15, 0.2) is 11.5 Å². The summed E-state index contributed by atoms with van der Waals surface area (Å²) >= 11 is 1.62. The van der Waals surface area contributed by atoms with E-state index in [4.69, 9.17) is 10.5 Å². The number of methoxy groups -OCH3 is 1. The van der Waals surface area contributed by atoms with E-state index >= 15 is 0 Å². The van der Waals surface area contributed by atoms with Crippen LogP contribution in [0.25, 0.3) is 0 Å². The van der Waals surface area contributed by atoms with Crippen LogP contribution < -0.4 is 10.5 Å². The third-order valence-corrected chi connectivity index (χ3v) is 3.17. The molecule has 1 atom stereocenters. The number of thiophene rings is 1. The zero-order valence-corrected chi connectivity index (χ0v) is 10.9. The number of hydrogen-bond donors (Lipinski definition) is 2. The molecule has 0 amide bonds. The Morgan fingerprint density at radius 1 is 1.29 bits per heavy atom. The Morgan fingerprint density at radius 3 is 2.65 bits per heavy atom. The summed E-state index contributed by atoms with van der Waals surface area (Å²) in [6.45, 7) is 0. The van der Waals surface area contributed by atoms with Crippen LogP contribution in [-0.2, 0) is 0 Å². The van der Waals surface area contributed by atoms with E-state index in [1.807, 2.05) is 16.8 Å². The molecule has 0 saturated carbocycles. The molecule has 0 unspecified atom stereocenters. The first kappa shape index (κ1) is 13.8. The van der Waals surface area contributed by atoms with E-state index in [0.29, 0.717) is 5.75 Å². The number of hydrogen-bond acceptors (Lipinski definition) is 4. The molecule has 3 nitrogen and oxygen atoms in total. The Morgan fingerprint density at radius 2 is 2.06 bits per heavy atom. The number of halogens is 1. The number of phenolic OH excluding ortho intramolecular Hbond substituents is 1. The maximum absolute atomic E-state index is 9.48. The number of ether oxygens (including phenoxy) is 1. The van der Waals surface area contributed by atoms with Gasteiger partial charge in [0.2, 0.25) is 0 Å². The van der Waals surface area contributed by atoms with Crippen molar-refractivity contribution in [3.63, 3.8) is 0 Å². The minimum absolute atomic E-state index is 0. The SMILES string of the molecule is COc1cc([C@@H](N)c2ccsc2)ccc1O.Cl. The van der Waals surface area contributed by atoms with E-state index in [2.05, 4.69) is 0 Å². The fraction of sp³-hybridized carbons (Fsp3) is 0.167. The molecule has 92 valence electrons. The van der Waals surface area contributed by atoms with Gasteiger partial charge < -0.3 is 15.6 Å². The average molecular weight is 272 g/mol. The fourth-order valence-corrected chi connectivity index (χ4v) is 2.23. The second kappa shape index (κ2) is 5.91. The van der Waals surface area contributed by atoms with Crippen LogP contribution in [-0.4, -0.2) is 12.2 Å². The first-order chi connectivity index (χ1) is 7.72. The number of nitrogens with two attached hydrogens (primary N) is 1. The minimum atomic E-state index is -0.180. The standard InChI is InChI=1S/C12H13NO2S.ClH/c1-15-11-6-8(2-3-10(11)14)12(13)9-4-5-16-7-9;/h2-7,12,14H,13H2,1H3;1H/t12-;/m1./s1. The zero-order chi connectivity index (χ0) is 11.5. The van der Waals surface area contributed by atoms with Gasteiger partial charge in [0.05, 0.1) is 13.2 Å². The van der Waals surface area contributed by atoms with Gasteiger partial charge in [-0.15, -0.1) is 12.4 Å². The molecule has 1 aromatic carbocycles. The van der Waals surface area contributed by atoms with Gasteiger partial charge in [-0.1, -0.05) is 6.07 Å². The van der Waals surface area contributed by atoms with Gasteiger partial charge >= 0.3 is 0 Å². The van der Waals surface area contributed by atoms with Crippen molar-refractivity contribution in [1.29, 1.82) is 0 Å². The quantitative estimate of drug-likeness (QED) is 0.902. The molecule has 0 spiro atoms. The van der Waals surface area contributed by atoms with E-state index in [0.717, 1.165) is 11.1 Å². The van der Waals surface area contributed by atoms with Crippen LogP contribution in [0, 0.1) is 0 Å². The molecule has 0 aliphatic heterocycles. The van der Waals surface area contributed by atoms with Gasteiger partial charge in [0, 0.05) is 0 Å². The van der Waals surface area contributed by atoms with Crippen molar-refractivity contribution < 1.29 is 9.84 Å². The molecule has 0 radical (unpaired) electrons. The zero-order valence-electron chi connectivity index (χ0n) is 9.29. The average Bonchev–Trinajstić information content (AvgIpc) is 2.82. The van der Waals surface area contributed by atoms with Crippen LogP contribution in [0.5, 0.6) is 11.5 Å². The lowest BCUT2D eigenvalue weighted by Gasteiger charge is -2.12. The summed E-state index contributed by atoms with van der Waals surface area (Å²) in [5.74, 6) is 0.576. The lowest BCUT2D eigenvalue weighted by Crippen LogP contribution is -2.10. The molecule has 2 rings (SSSR count). The number of benzene rings is 1. The Hall–Kier alpha value is -1.23. The second-order valence-electron chi connectivity index (χ2n) is 3.47. The third kappa shape index (κ3) is 2.91. The van der Waals surface area contributed by atoms with Crippen molar-refractivity contribution in [3.05, 3.63) is 46.2 Å². The van der Waals surface area contributed by atoms with E-state index in [-0.39, 0.29) is 24.2 Å². The third-order valence-electron chi connectivity index (χ3n) is 2.47. The molecule has 2 aromatic rings. The van der Waals surface area contributed by atoms with Crippen molar-refractivity contribution in [3.8, 4) is 11.5 Å². The van der Waals surface area contributed by atoms with E-state index in [1.165, 1.54) is 7.11 Å². The van der Waals surface area contributed by atoms with Crippen LogP contribution in [0.4, 0.5) is 0 Å². The monoisotopic (exact) mass is 271 g/mol. The van der Waals surface area contributed by atoms with Crippen molar-refractivity contribution in [2.24, 2.45) is 5.73 Å². The predicted molar refractivity (Wildman–Crippen MR) is 72.3 cm³/mol. The fourth-order valence-electron chi connectivity index (χ4n) is 1.53. The van der Waals surface area contributed by atoms with Gasteiger partial charge in [-0.2, -0.15) is 11.3 Å². The van der Waals surface area contributed by atoms with Gasteiger partial charge in [0.25, 0.3) is 0 Å². The topological polar surface area (TPSA) is 55.5 Å². The molecule has 3 N–H and O–H groups in total. The van der Waals surface area contributed by atoms with Crippen LogP contribution >= 0.6 is 23.7 Å². The molecule has 17 heavy (non-hydrogen) atoms. The van der Waals surface area contributed by atoms with Crippen molar-refractivity contribution in [2.45, 2.75) is 6.04 Å². The molecule has 0 fully saturated rings. The number of aromatic hydroxyl groups is 1. The predicted octanol–water partition coefficient (Wildman–Crippen LogP) is 2.93. The molecule has 0 bridgehead atoms. The lowest BCUT2D eigenvalue weighted by atomic mass is 10.0. The molecule has 1 aromatic heterocycles. The van der Waals surface area contributed by atoms with Crippen molar-refractivity contribution in [2.75, 3.05) is 7.11 Å². The molecule has 0 aliphatic rings. The maximum Gasteiger partial charge on any atom is 0.160 e. The second-order valence-corrected chi connectivity index (χ2v) is 4.25. The van der Waals surface area contributed by atoms with Crippen molar-refractivity contribution >= 4 is 23.7 Å². The Kier molecular flexibility index (Phi) is 4.81. The van der Waals surface area contributed by atoms with Crippen LogP contribution in [0.3, 0.4) is 0 Å². The number of phenols is 1. The van der Waals surface area contributed by atoms with Gasteiger partial charge in [0.1, 0.15) is 0 Å². The van der Waals surface area contributed by atoms with Gasteiger partial charge in [-0.05, 0) is 40.1 Å². The summed E-state index contributed by atoms with van der Waals surface area (Å²) in [7, 11) is 1.52. The Balaban J connectivity index is 0.00000144. The summed E-state index contributed by atoms with van der Waals surface area (Å²) in [6.07, 6.45) is 0. The highest BCUT2D eigenvalue weighted by Gasteiger charge is 2.11. The molecular formula is C12H14ClNO2S. The maximum atomic E-state index is 9.48. The van der Waals surface area contributed by atoms with Gasteiger partial charge in [-0.25, -0.2) is 0 Å². The molecule has 5 heteroatoms. The molecular weight excluding hydrogens is 258 g/mol. The van der Waals surface area contributed by atoms with Crippen LogP contribution in [0.2, 0.25) is 0 Å². The normalized spacial score (nSPS) is 11.6. The molecule has 0 saturated heterocycles. The summed E-state index contributed by atoms with van der Waals surface area (Å²) < 4.78 is 5.05. The minimum Gasteiger partial charge on any atom is -0.504 e. The van der Waals surface area contributed by atoms with Crippen LogP contribution in [0.1, 0.15) is 17.2 Å². The summed E-state index contributed by atoms with van der Waals surface area (Å²) in [4.78, 5) is 0. The van der Waals surface area contributed by atoms with Crippen LogP contribution in [0.15, 0.2) is 35.0 Å². The van der Waals surface area contributed by atoms with Gasteiger partial charge in [-0.3, -0.25) is 0 Å². The highest BCUT2D eigenvalue weighted by atomic mass is 35.5. The van der Waals surface area contributed by atoms with E-state index in [1.54, 1.807) is 29.5 Å². The molecule has 0 aliphatic carbocycles. The van der Waals surface area contributed by atoms with Crippen molar-refractivity contribution in [1.82, 2.24) is 0 Å². The summed E-state index contributed by atoms with van der Waals surface area (Å²) in [5.41, 5.74) is 8.10.